The normalized spacial score (nSPS) is 16.5. The number of thiophene rings is 1. The zero-order valence-corrected chi connectivity index (χ0v) is 20.8. The van der Waals surface area contributed by atoms with E-state index in [1.54, 1.807) is 15.9 Å². The molecule has 0 unspecified atom stereocenters. The molecule has 168 valence electrons. The summed E-state index contributed by atoms with van der Waals surface area (Å²) in [5, 5.41) is 11.7. The Hall–Kier alpha value is -2.54. The molecule has 0 radical (unpaired) electrons. The fourth-order valence-corrected chi connectivity index (χ4v) is 7.76. The van der Waals surface area contributed by atoms with Gasteiger partial charge in [-0.1, -0.05) is 35.7 Å². The number of rotatable bonds is 5. The van der Waals surface area contributed by atoms with Crippen molar-refractivity contribution in [3.8, 4) is 6.07 Å². The number of nitriles is 1. The van der Waals surface area contributed by atoms with Crippen LogP contribution in [-0.2, 0) is 24.2 Å². The number of thioether (sulfide) groups is 2. The lowest BCUT2D eigenvalue weighted by Gasteiger charge is -2.15. The van der Waals surface area contributed by atoms with Crippen LogP contribution in [0.25, 0.3) is 10.2 Å². The van der Waals surface area contributed by atoms with E-state index < -0.39 is 0 Å². The fraction of sp³-hybridized carbons (Fsp3) is 0.333. The van der Waals surface area contributed by atoms with Crippen LogP contribution in [0.5, 0.6) is 0 Å². The van der Waals surface area contributed by atoms with Gasteiger partial charge in [-0.3, -0.25) is 14.2 Å². The van der Waals surface area contributed by atoms with Crippen LogP contribution in [0.15, 0.2) is 49.7 Å². The maximum atomic E-state index is 13.3. The molecule has 1 aliphatic heterocycles. The van der Waals surface area contributed by atoms with Crippen molar-refractivity contribution < 1.29 is 4.79 Å². The lowest BCUT2D eigenvalue weighted by atomic mass is 9.97. The van der Waals surface area contributed by atoms with Crippen molar-refractivity contribution in [1.82, 2.24) is 9.55 Å². The molecule has 0 fully saturated rings. The van der Waals surface area contributed by atoms with Gasteiger partial charge in [-0.05, 0) is 50.3 Å². The minimum atomic E-state index is -0.257. The van der Waals surface area contributed by atoms with Gasteiger partial charge in [-0.25, -0.2) is 4.98 Å². The lowest BCUT2D eigenvalue weighted by Crippen LogP contribution is -2.23. The number of allylic oxidation sites excluding steroid dienone is 1. The average molecular weight is 495 g/mol. The first-order valence-electron chi connectivity index (χ1n) is 10.9. The van der Waals surface area contributed by atoms with Gasteiger partial charge in [0, 0.05) is 23.4 Å². The smallest absolute Gasteiger partial charge is 0.263 e. The monoisotopic (exact) mass is 494 g/mol. The summed E-state index contributed by atoms with van der Waals surface area (Å²) < 4.78 is 1.66. The van der Waals surface area contributed by atoms with Gasteiger partial charge in [0.15, 0.2) is 10.9 Å². The Morgan fingerprint density at radius 2 is 2.06 bits per heavy atom. The molecule has 0 N–H and O–H groups in total. The van der Waals surface area contributed by atoms with Gasteiger partial charge in [-0.2, -0.15) is 5.26 Å². The Labute approximate surface area is 204 Å². The number of carbonyl (C=O) groups is 1. The van der Waals surface area contributed by atoms with Crippen molar-refractivity contribution in [3.63, 3.8) is 0 Å². The molecule has 3 aromatic rings. The molecule has 2 aliphatic rings. The second-order valence-corrected chi connectivity index (χ2v) is 11.0. The number of anilines is 1. The van der Waals surface area contributed by atoms with E-state index in [2.05, 4.69) is 6.07 Å². The maximum Gasteiger partial charge on any atom is 0.263 e. The number of benzene rings is 1. The van der Waals surface area contributed by atoms with E-state index in [0.29, 0.717) is 16.7 Å². The van der Waals surface area contributed by atoms with E-state index in [-0.39, 0.29) is 22.7 Å². The second kappa shape index (κ2) is 9.01. The number of aromatic nitrogens is 2. The Morgan fingerprint density at radius 3 is 2.82 bits per heavy atom. The number of Topliss-reactive ketones (excluding diaryl/α,β-unsaturated/α-hetero) is 1. The van der Waals surface area contributed by atoms with E-state index in [1.165, 1.54) is 34.0 Å². The third-order valence-corrected chi connectivity index (χ3v) is 9.43. The van der Waals surface area contributed by atoms with Crippen LogP contribution in [0.1, 0.15) is 30.2 Å². The molecule has 5 rings (SSSR count). The summed E-state index contributed by atoms with van der Waals surface area (Å²) in [4.78, 5) is 36.1. The van der Waals surface area contributed by atoms with Crippen LogP contribution in [0.4, 0.5) is 5.69 Å². The molecule has 0 saturated heterocycles. The van der Waals surface area contributed by atoms with Gasteiger partial charge >= 0.3 is 0 Å². The lowest BCUT2D eigenvalue weighted by molar-refractivity contribution is -0.112. The van der Waals surface area contributed by atoms with E-state index in [1.807, 2.05) is 43.1 Å². The minimum Gasteiger partial charge on any atom is -0.337 e. The first-order valence-corrected chi connectivity index (χ1v) is 13.5. The third kappa shape index (κ3) is 3.80. The SMILES string of the molecule is CCn1c(SCC(=O)/C(C#N)=C2\Sc3ccccc3N2C)nc2sc3c(c2c1=O)CCCC3. The van der Waals surface area contributed by atoms with Crippen LogP contribution in [-0.4, -0.2) is 28.1 Å². The number of hydrogen-bond donors (Lipinski definition) is 0. The minimum absolute atomic E-state index is 0.0164. The summed E-state index contributed by atoms with van der Waals surface area (Å²) in [6, 6.07) is 9.96. The van der Waals surface area contributed by atoms with E-state index in [0.717, 1.165) is 46.5 Å². The number of nitrogens with zero attached hydrogens (tertiary/aromatic N) is 4. The van der Waals surface area contributed by atoms with Crippen LogP contribution in [0.3, 0.4) is 0 Å². The summed E-state index contributed by atoms with van der Waals surface area (Å²) in [5.74, 6) is -0.202. The van der Waals surface area contributed by atoms with E-state index in [4.69, 9.17) is 4.98 Å². The van der Waals surface area contributed by atoms with Crippen LogP contribution >= 0.6 is 34.9 Å². The molecule has 0 saturated carbocycles. The van der Waals surface area contributed by atoms with Gasteiger partial charge in [0.1, 0.15) is 21.5 Å². The summed E-state index contributed by atoms with van der Waals surface area (Å²) in [7, 11) is 1.87. The third-order valence-electron chi connectivity index (χ3n) is 6.03. The molecule has 33 heavy (non-hydrogen) atoms. The highest BCUT2D eigenvalue weighted by Gasteiger charge is 2.28. The number of aryl methyl sites for hydroxylation is 2. The molecule has 0 amide bonds. The molecule has 0 spiro atoms. The summed E-state index contributed by atoms with van der Waals surface area (Å²) in [6.07, 6.45) is 4.21. The molecule has 3 heterocycles. The number of hydrogen-bond acceptors (Lipinski definition) is 8. The number of carbonyl (C=O) groups excluding carboxylic acids is 1. The molecule has 9 heteroatoms. The summed E-state index contributed by atoms with van der Waals surface area (Å²) >= 11 is 4.29. The van der Waals surface area contributed by atoms with Crippen LogP contribution < -0.4 is 10.5 Å². The zero-order valence-electron chi connectivity index (χ0n) is 18.4. The maximum absolute atomic E-state index is 13.3. The van der Waals surface area contributed by atoms with Crippen molar-refractivity contribution in [2.24, 2.45) is 0 Å². The van der Waals surface area contributed by atoms with E-state index >= 15 is 0 Å². The Morgan fingerprint density at radius 1 is 1.27 bits per heavy atom. The van der Waals surface area contributed by atoms with Crippen LogP contribution in [0, 0.1) is 11.3 Å². The molecule has 2 aromatic heterocycles. The first-order chi connectivity index (χ1) is 16.0. The van der Waals surface area contributed by atoms with E-state index in [9.17, 15) is 14.9 Å². The van der Waals surface area contributed by atoms with Gasteiger partial charge in [0.25, 0.3) is 5.56 Å². The molecule has 0 bridgehead atoms. The average Bonchev–Trinajstić information content (AvgIpc) is 3.36. The van der Waals surface area contributed by atoms with Crippen LogP contribution in [0.2, 0.25) is 0 Å². The zero-order chi connectivity index (χ0) is 23.1. The van der Waals surface area contributed by atoms with Crippen molar-refractivity contribution in [3.05, 3.63) is 55.7 Å². The number of para-hydroxylation sites is 1. The largest absolute Gasteiger partial charge is 0.337 e. The van der Waals surface area contributed by atoms with Gasteiger partial charge in [-0.15, -0.1) is 11.3 Å². The highest BCUT2D eigenvalue weighted by atomic mass is 32.2. The Balaban J connectivity index is 1.44. The number of ketones is 1. The number of fused-ring (bicyclic) bond motifs is 4. The van der Waals surface area contributed by atoms with Gasteiger partial charge < -0.3 is 4.90 Å². The molecular weight excluding hydrogens is 472 g/mol. The van der Waals surface area contributed by atoms with Crippen molar-refractivity contribution in [2.45, 2.75) is 49.2 Å². The highest BCUT2D eigenvalue weighted by Crippen LogP contribution is 2.46. The Kier molecular flexibility index (Phi) is 6.08. The molecule has 0 atom stereocenters. The standard InChI is InChI=1S/C24H22N4O2S3/c1-3-28-22(30)20-14-8-4-6-10-18(14)32-21(20)26-24(28)31-13-17(29)15(12-25)23-27(2)16-9-5-7-11-19(16)33-23/h5,7,9,11H,3-4,6,8,10,13H2,1-2H3/b23-15-. The predicted octanol–water partition coefficient (Wildman–Crippen LogP) is 5.00. The summed E-state index contributed by atoms with van der Waals surface area (Å²) in [6.45, 7) is 2.41. The Bertz CT molecular complexity index is 1410. The van der Waals surface area contributed by atoms with Crippen molar-refractivity contribution in [1.29, 1.82) is 5.26 Å². The highest BCUT2D eigenvalue weighted by molar-refractivity contribution is 8.03. The molecular formula is C24H22N4O2S3. The van der Waals surface area contributed by atoms with Crippen molar-refractivity contribution in [2.75, 3.05) is 17.7 Å². The quantitative estimate of drug-likeness (QED) is 0.214. The van der Waals surface area contributed by atoms with Gasteiger partial charge in [0.05, 0.1) is 16.8 Å². The van der Waals surface area contributed by atoms with Crippen molar-refractivity contribution >= 4 is 56.5 Å². The summed E-state index contributed by atoms with van der Waals surface area (Å²) in [5.41, 5.74) is 2.28. The fourth-order valence-electron chi connectivity index (χ4n) is 4.36. The second-order valence-electron chi connectivity index (χ2n) is 7.97. The molecule has 6 nitrogen and oxygen atoms in total. The topological polar surface area (TPSA) is 79.0 Å². The first kappa shape index (κ1) is 22.3. The predicted molar refractivity (Wildman–Crippen MR) is 135 cm³/mol. The van der Waals surface area contributed by atoms with Gasteiger partial charge in [0.2, 0.25) is 0 Å². The molecule has 1 aliphatic carbocycles. The molecule has 1 aromatic carbocycles.